The summed E-state index contributed by atoms with van der Waals surface area (Å²) in [6.45, 7) is 6.11. The molecule has 1 amide bonds. The van der Waals surface area contributed by atoms with Crippen molar-refractivity contribution in [2.75, 3.05) is 18.1 Å². The lowest BCUT2D eigenvalue weighted by molar-refractivity contribution is -0.121. The number of carbonyl (C=O) groups is 2. The molecule has 0 bridgehead atoms. The Balaban J connectivity index is 1.70. The lowest BCUT2D eigenvalue weighted by Gasteiger charge is -2.20. The van der Waals surface area contributed by atoms with Crippen LogP contribution in [0, 0.1) is 13.8 Å². The number of anilines is 1. The topological polar surface area (TPSA) is 62.4 Å². The first-order chi connectivity index (χ1) is 12.5. The van der Waals surface area contributed by atoms with Gasteiger partial charge >= 0.3 is 5.97 Å². The van der Waals surface area contributed by atoms with Crippen molar-refractivity contribution in [1.29, 1.82) is 0 Å². The number of carbonyl (C=O) groups excluding carboxylic acids is 2. The van der Waals surface area contributed by atoms with Gasteiger partial charge in [-0.1, -0.05) is 18.2 Å². The van der Waals surface area contributed by atoms with Crippen molar-refractivity contribution < 1.29 is 14.3 Å². The number of H-pyrrole nitrogens is 1. The third-order valence-corrected chi connectivity index (χ3v) is 4.56. The molecule has 0 unspecified atom stereocenters. The summed E-state index contributed by atoms with van der Waals surface area (Å²) in [5, 5.41) is 0.989. The highest BCUT2D eigenvalue weighted by Crippen LogP contribution is 2.22. The Morgan fingerprint density at radius 2 is 1.81 bits per heavy atom. The van der Waals surface area contributed by atoms with E-state index in [1.807, 2.05) is 57.2 Å². The van der Waals surface area contributed by atoms with Crippen LogP contribution >= 0.6 is 0 Å². The predicted octanol–water partition coefficient (Wildman–Crippen LogP) is 3.99. The Kier molecular flexibility index (Phi) is 5.07. The molecule has 0 saturated carbocycles. The highest BCUT2D eigenvalue weighted by Gasteiger charge is 2.17. The molecule has 134 valence electrons. The summed E-state index contributed by atoms with van der Waals surface area (Å²) in [6, 6.07) is 14.7. The van der Waals surface area contributed by atoms with Crippen molar-refractivity contribution in [3.05, 3.63) is 65.4 Å². The van der Waals surface area contributed by atoms with Crippen LogP contribution in [-0.4, -0.2) is 30.0 Å². The van der Waals surface area contributed by atoms with Gasteiger partial charge in [0, 0.05) is 28.8 Å². The minimum atomic E-state index is -0.498. The summed E-state index contributed by atoms with van der Waals surface area (Å²) in [5.74, 6) is -0.746. The molecule has 0 saturated heterocycles. The maximum absolute atomic E-state index is 12.4. The van der Waals surface area contributed by atoms with E-state index in [0.717, 1.165) is 27.8 Å². The van der Waals surface area contributed by atoms with Gasteiger partial charge in [-0.2, -0.15) is 0 Å². The fourth-order valence-electron chi connectivity index (χ4n) is 2.99. The van der Waals surface area contributed by atoms with Crippen LogP contribution < -0.4 is 4.90 Å². The summed E-state index contributed by atoms with van der Waals surface area (Å²) in [6.07, 6.45) is 0. The number of hydrogen-bond donors (Lipinski definition) is 1. The zero-order chi connectivity index (χ0) is 18.7. The molecule has 0 atom stereocenters. The Morgan fingerprint density at radius 1 is 1.08 bits per heavy atom. The van der Waals surface area contributed by atoms with E-state index in [4.69, 9.17) is 4.74 Å². The van der Waals surface area contributed by atoms with Gasteiger partial charge in [0.1, 0.15) is 0 Å². The molecule has 0 radical (unpaired) electrons. The standard InChI is InChI=1S/C21H22N2O3/c1-4-23(17-8-6-5-7-9-17)20(24)13-26-21(25)16-10-11-19-18(12-16)14(2)15(3)22-19/h5-12,22H,4,13H2,1-3H3. The van der Waals surface area contributed by atoms with Crippen LogP contribution in [-0.2, 0) is 9.53 Å². The highest BCUT2D eigenvalue weighted by atomic mass is 16.5. The van der Waals surface area contributed by atoms with Gasteiger partial charge < -0.3 is 14.6 Å². The monoisotopic (exact) mass is 350 g/mol. The van der Waals surface area contributed by atoms with E-state index in [1.165, 1.54) is 0 Å². The number of esters is 1. The normalized spacial score (nSPS) is 10.7. The molecule has 0 fully saturated rings. The molecule has 1 heterocycles. The minimum Gasteiger partial charge on any atom is -0.452 e. The number of para-hydroxylation sites is 1. The second-order valence-corrected chi connectivity index (χ2v) is 6.19. The van der Waals surface area contributed by atoms with E-state index in [2.05, 4.69) is 4.98 Å². The molecule has 5 heteroatoms. The van der Waals surface area contributed by atoms with E-state index < -0.39 is 5.97 Å². The Hall–Kier alpha value is -3.08. The summed E-state index contributed by atoms with van der Waals surface area (Å²) < 4.78 is 5.25. The van der Waals surface area contributed by atoms with Crippen LogP contribution in [0.1, 0.15) is 28.5 Å². The number of nitrogens with zero attached hydrogens (tertiary/aromatic N) is 1. The fourth-order valence-corrected chi connectivity index (χ4v) is 2.99. The van der Waals surface area contributed by atoms with Gasteiger partial charge in [-0.15, -0.1) is 0 Å². The van der Waals surface area contributed by atoms with Gasteiger partial charge in [0.05, 0.1) is 5.56 Å². The zero-order valence-electron chi connectivity index (χ0n) is 15.2. The Labute approximate surface area is 152 Å². The van der Waals surface area contributed by atoms with Crippen molar-refractivity contribution in [2.45, 2.75) is 20.8 Å². The number of fused-ring (bicyclic) bond motifs is 1. The fraction of sp³-hybridized carbons (Fsp3) is 0.238. The van der Waals surface area contributed by atoms with Gasteiger partial charge in [-0.25, -0.2) is 4.79 Å². The predicted molar refractivity (Wildman–Crippen MR) is 103 cm³/mol. The highest BCUT2D eigenvalue weighted by molar-refractivity contribution is 5.99. The molecule has 3 rings (SSSR count). The molecule has 0 spiro atoms. The number of aromatic amines is 1. The Morgan fingerprint density at radius 3 is 2.50 bits per heavy atom. The van der Waals surface area contributed by atoms with Gasteiger partial charge in [0.25, 0.3) is 5.91 Å². The summed E-state index contributed by atoms with van der Waals surface area (Å²) in [7, 11) is 0. The maximum Gasteiger partial charge on any atom is 0.338 e. The molecule has 26 heavy (non-hydrogen) atoms. The maximum atomic E-state index is 12.4. The number of aryl methyl sites for hydroxylation is 2. The lowest BCUT2D eigenvalue weighted by atomic mass is 10.1. The largest absolute Gasteiger partial charge is 0.452 e. The van der Waals surface area contributed by atoms with Crippen molar-refractivity contribution in [1.82, 2.24) is 4.98 Å². The lowest BCUT2D eigenvalue weighted by Crippen LogP contribution is -2.34. The van der Waals surface area contributed by atoms with E-state index in [1.54, 1.807) is 17.0 Å². The first-order valence-corrected chi connectivity index (χ1v) is 8.62. The van der Waals surface area contributed by atoms with Crippen LogP contribution in [0.5, 0.6) is 0 Å². The van der Waals surface area contributed by atoms with Crippen molar-refractivity contribution in [3.8, 4) is 0 Å². The summed E-state index contributed by atoms with van der Waals surface area (Å²) in [5.41, 5.74) is 4.38. The smallest absolute Gasteiger partial charge is 0.338 e. The minimum absolute atomic E-state index is 0.248. The number of hydrogen-bond acceptors (Lipinski definition) is 3. The Bertz CT molecular complexity index is 945. The molecule has 1 aromatic heterocycles. The first kappa shape index (κ1) is 17.7. The van der Waals surface area contributed by atoms with E-state index in [-0.39, 0.29) is 12.5 Å². The molecular weight excluding hydrogens is 328 g/mol. The van der Waals surface area contributed by atoms with Gasteiger partial charge in [-0.3, -0.25) is 4.79 Å². The van der Waals surface area contributed by atoms with E-state index in [0.29, 0.717) is 12.1 Å². The molecule has 5 nitrogen and oxygen atoms in total. The molecule has 2 aromatic carbocycles. The van der Waals surface area contributed by atoms with Crippen LogP contribution in [0.2, 0.25) is 0 Å². The first-order valence-electron chi connectivity index (χ1n) is 8.62. The number of benzene rings is 2. The average Bonchev–Trinajstić information content (AvgIpc) is 2.95. The van der Waals surface area contributed by atoms with Crippen molar-refractivity contribution >= 4 is 28.5 Å². The molecular formula is C21H22N2O3. The number of nitrogens with one attached hydrogen (secondary N) is 1. The van der Waals surface area contributed by atoms with E-state index >= 15 is 0 Å². The number of ether oxygens (including phenoxy) is 1. The molecule has 0 aliphatic heterocycles. The van der Waals surface area contributed by atoms with Gasteiger partial charge in [-0.05, 0) is 56.7 Å². The SMILES string of the molecule is CCN(C(=O)COC(=O)c1ccc2[nH]c(C)c(C)c2c1)c1ccccc1. The summed E-state index contributed by atoms with van der Waals surface area (Å²) in [4.78, 5) is 29.6. The molecule has 3 aromatic rings. The van der Waals surface area contributed by atoms with Crippen LogP contribution in [0.3, 0.4) is 0 Å². The third kappa shape index (κ3) is 3.47. The third-order valence-electron chi connectivity index (χ3n) is 4.56. The van der Waals surface area contributed by atoms with Crippen molar-refractivity contribution in [2.24, 2.45) is 0 Å². The number of likely N-dealkylation sites (N-methyl/N-ethyl adjacent to an activating group) is 1. The van der Waals surface area contributed by atoms with Gasteiger partial charge in [0.2, 0.25) is 0 Å². The molecule has 1 N–H and O–H groups in total. The zero-order valence-corrected chi connectivity index (χ0v) is 15.2. The second-order valence-electron chi connectivity index (χ2n) is 6.19. The number of amides is 1. The number of rotatable bonds is 5. The molecule has 0 aliphatic carbocycles. The van der Waals surface area contributed by atoms with Crippen LogP contribution in [0.25, 0.3) is 10.9 Å². The van der Waals surface area contributed by atoms with Gasteiger partial charge in [0.15, 0.2) is 6.61 Å². The average molecular weight is 350 g/mol. The van der Waals surface area contributed by atoms with Crippen LogP contribution in [0.4, 0.5) is 5.69 Å². The van der Waals surface area contributed by atoms with E-state index in [9.17, 15) is 9.59 Å². The summed E-state index contributed by atoms with van der Waals surface area (Å²) >= 11 is 0. The van der Waals surface area contributed by atoms with Crippen LogP contribution in [0.15, 0.2) is 48.5 Å². The molecule has 0 aliphatic rings. The van der Waals surface area contributed by atoms with Crippen molar-refractivity contribution in [3.63, 3.8) is 0 Å². The number of aromatic nitrogens is 1. The second kappa shape index (κ2) is 7.44. The quantitative estimate of drug-likeness (QED) is 0.708.